The van der Waals surface area contributed by atoms with Gasteiger partial charge in [0.05, 0.1) is 4.91 Å². The molecule has 0 aliphatic carbocycles. The summed E-state index contributed by atoms with van der Waals surface area (Å²) < 4.78 is 0. The third kappa shape index (κ3) is 3.36. The summed E-state index contributed by atoms with van der Waals surface area (Å²) in [5, 5.41) is 0. The zero-order chi connectivity index (χ0) is 7.98. The first-order valence-electron chi connectivity index (χ1n) is 2.35. The maximum atomic E-state index is 10.0. The van der Waals surface area contributed by atoms with E-state index < -0.39 is 0 Å². The van der Waals surface area contributed by atoms with Crippen molar-refractivity contribution in [2.45, 2.75) is 0 Å². The molecular formula is C3H7N4O3+. The van der Waals surface area contributed by atoms with Crippen LogP contribution in [-0.2, 0) is 9.59 Å². The fourth-order valence-electron chi connectivity index (χ4n) is 0.334. The molecule has 4 N–H and O–H groups in total. The largest absolute Gasteiger partial charge is 0.372 e. The predicted octanol–water partition coefficient (Wildman–Crippen LogP) is -2.58. The Balaban J connectivity index is 0.000000236. The lowest BCUT2D eigenvalue weighted by Crippen LogP contribution is -2.28. The molecule has 0 unspecified atom stereocenters. The third-order valence-electron chi connectivity index (χ3n) is 0.607. The molecule has 56 valence electrons. The molecule has 7 nitrogen and oxygen atoms in total. The smallest absolute Gasteiger partial charge is 0.316 e. The predicted molar refractivity (Wildman–Crippen MR) is 30.0 cm³/mol. The van der Waals surface area contributed by atoms with Gasteiger partial charge >= 0.3 is 12.5 Å². The molecule has 2 amide bonds. The molecule has 1 saturated heterocycles. The van der Waals surface area contributed by atoms with E-state index in [0.717, 1.165) is 0 Å². The van der Waals surface area contributed by atoms with E-state index in [9.17, 15) is 9.70 Å². The number of carbonyl (C=O) groups excluding carboxylic acids is 2. The van der Waals surface area contributed by atoms with E-state index in [1.807, 2.05) is 5.53 Å². The fraction of sp³-hybridized carbons (Fsp3) is 0.333. The number of hydrogen-bond donors (Lipinski definition) is 3. The van der Waals surface area contributed by atoms with Gasteiger partial charge in [-0.05, 0) is 0 Å². The second-order valence-corrected chi connectivity index (χ2v) is 1.33. The van der Waals surface area contributed by atoms with Crippen LogP contribution in [0.25, 0.3) is 0 Å². The molecule has 1 aliphatic heterocycles. The lowest BCUT2D eigenvalue weighted by molar-refractivity contribution is -0.587. The van der Waals surface area contributed by atoms with Crippen LogP contribution in [0.2, 0.25) is 0 Å². The van der Waals surface area contributed by atoms with Crippen LogP contribution in [0.4, 0.5) is 0 Å². The van der Waals surface area contributed by atoms with E-state index in [2.05, 4.69) is 11.2 Å². The number of nitroso groups, excluding NO2 is 1. The fourth-order valence-corrected chi connectivity index (χ4v) is 0.334. The van der Waals surface area contributed by atoms with Crippen molar-refractivity contribution in [3.63, 3.8) is 0 Å². The SMILES string of the molecule is NC=O.O=C1C[N+](=O)NN1. The Hall–Kier alpha value is -1.66. The van der Waals surface area contributed by atoms with Gasteiger partial charge in [0, 0.05) is 0 Å². The van der Waals surface area contributed by atoms with E-state index in [4.69, 9.17) is 4.79 Å². The number of hydrazine groups is 2. The summed E-state index contributed by atoms with van der Waals surface area (Å²) in [6, 6.07) is 0. The number of primary amides is 1. The highest BCUT2D eigenvalue weighted by molar-refractivity contribution is 5.77. The van der Waals surface area contributed by atoms with Crippen molar-refractivity contribution in [3.8, 4) is 0 Å². The average molecular weight is 147 g/mol. The van der Waals surface area contributed by atoms with Crippen molar-refractivity contribution < 1.29 is 14.5 Å². The number of amides is 2. The molecule has 0 radical (unpaired) electrons. The van der Waals surface area contributed by atoms with Gasteiger partial charge < -0.3 is 5.73 Å². The number of hydrogen-bond acceptors (Lipinski definition) is 3. The third-order valence-corrected chi connectivity index (χ3v) is 0.607. The zero-order valence-corrected chi connectivity index (χ0v) is 5.03. The van der Waals surface area contributed by atoms with Gasteiger partial charge in [0.2, 0.25) is 6.41 Å². The highest BCUT2D eigenvalue weighted by atomic mass is 16.3. The Morgan fingerprint density at radius 3 is 2.30 bits per heavy atom. The van der Waals surface area contributed by atoms with Gasteiger partial charge in [-0.3, -0.25) is 9.59 Å². The van der Waals surface area contributed by atoms with Gasteiger partial charge in [-0.15, -0.1) is 0 Å². The zero-order valence-electron chi connectivity index (χ0n) is 5.03. The molecule has 0 bridgehead atoms. The molecule has 0 saturated carbocycles. The molecule has 1 heterocycles. The van der Waals surface area contributed by atoms with Crippen LogP contribution in [0.3, 0.4) is 0 Å². The van der Waals surface area contributed by atoms with Crippen LogP contribution in [0.5, 0.6) is 0 Å². The Labute approximate surface area is 56.1 Å². The number of nitrogens with zero attached hydrogens (tertiary/aromatic N) is 1. The van der Waals surface area contributed by atoms with Crippen molar-refractivity contribution in [3.05, 3.63) is 4.91 Å². The number of nitrogens with two attached hydrogens (primary N) is 1. The van der Waals surface area contributed by atoms with Gasteiger partial charge in [-0.1, -0.05) is 5.53 Å². The molecule has 0 aromatic heterocycles. The lowest BCUT2D eigenvalue weighted by Gasteiger charge is -1.74. The maximum absolute atomic E-state index is 10.0. The summed E-state index contributed by atoms with van der Waals surface area (Å²) in [5.41, 5.74) is 8.31. The molecule has 0 aromatic carbocycles. The number of carbonyl (C=O) groups is 2. The normalized spacial score (nSPS) is 14.4. The van der Waals surface area contributed by atoms with Crippen molar-refractivity contribution in [2.75, 3.05) is 6.54 Å². The minimum Gasteiger partial charge on any atom is -0.372 e. The van der Waals surface area contributed by atoms with Crippen LogP contribution in [0.15, 0.2) is 0 Å². The van der Waals surface area contributed by atoms with Crippen LogP contribution >= 0.6 is 0 Å². The van der Waals surface area contributed by atoms with E-state index in [0.29, 0.717) is 4.87 Å². The Morgan fingerprint density at radius 1 is 1.70 bits per heavy atom. The highest BCUT2D eigenvalue weighted by Gasteiger charge is 2.23. The summed E-state index contributed by atoms with van der Waals surface area (Å²) in [6.07, 6.45) is 0.250. The molecule has 1 aliphatic rings. The van der Waals surface area contributed by atoms with Crippen LogP contribution in [0.1, 0.15) is 0 Å². The molecule has 10 heavy (non-hydrogen) atoms. The first-order chi connectivity index (χ1) is 4.70. The summed E-state index contributed by atoms with van der Waals surface area (Å²) in [4.78, 5) is 29.0. The Bertz CT molecular complexity index is 142. The van der Waals surface area contributed by atoms with Crippen molar-refractivity contribution in [1.29, 1.82) is 0 Å². The van der Waals surface area contributed by atoms with Gasteiger partial charge in [0.15, 0.2) is 0 Å². The Morgan fingerprint density at radius 2 is 2.20 bits per heavy atom. The first-order valence-corrected chi connectivity index (χ1v) is 2.35. The molecule has 7 heteroatoms. The van der Waals surface area contributed by atoms with Crippen LogP contribution in [-0.4, -0.2) is 23.7 Å². The molecule has 0 atom stereocenters. The summed E-state index contributed by atoms with van der Waals surface area (Å²) in [6.45, 7) is -0.111. The van der Waals surface area contributed by atoms with Crippen molar-refractivity contribution >= 4 is 12.3 Å². The number of rotatable bonds is 0. The maximum Gasteiger partial charge on any atom is 0.316 e. The highest BCUT2D eigenvalue weighted by Crippen LogP contribution is 1.72. The van der Waals surface area contributed by atoms with E-state index in [1.165, 1.54) is 0 Å². The quantitative estimate of drug-likeness (QED) is 0.258. The monoisotopic (exact) mass is 147 g/mol. The molecule has 0 aromatic rings. The van der Waals surface area contributed by atoms with Gasteiger partial charge in [-0.25, -0.2) is 5.43 Å². The van der Waals surface area contributed by atoms with Crippen molar-refractivity contribution in [1.82, 2.24) is 11.0 Å². The minimum atomic E-state index is -0.296. The summed E-state index contributed by atoms with van der Waals surface area (Å²) >= 11 is 0. The molecule has 1 fully saturated rings. The molecular weight excluding hydrogens is 140 g/mol. The van der Waals surface area contributed by atoms with Crippen LogP contribution < -0.4 is 16.7 Å². The summed E-state index contributed by atoms with van der Waals surface area (Å²) in [7, 11) is 0. The van der Waals surface area contributed by atoms with Gasteiger partial charge in [0.25, 0.3) is 0 Å². The topological polar surface area (TPSA) is 104 Å². The van der Waals surface area contributed by atoms with Gasteiger partial charge in [-0.2, -0.15) is 0 Å². The van der Waals surface area contributed by atoms with Crippen molar-refractivity contribution in [2.24, 2.45) is 5.73 Å². The lowest BCUT2D eigenvalue weighted by atomic mass is 10.7. The minimum absolute atomic E-state index is 0.111. The first kappa shape index (κ1) is 8.34. The summed E-state index contributed by atoms with van der Waals surface area (Å²) in [5.74, 6) is -0.296. The second kappa shape index (κ2) is 4.24. The van der Waals surface area contributed by atoms with Gasteiger partial charge in [0.1, 0.15) is 4.87 Å². The Kier molecular flexibility index (Phi) is 3.54. The second-order valence-electron chi connectivity index (χ2n) is 1.33. The molecule has 1 rings (SSSR count). The van der Waals surface area contributed by atoms with E-state index in [-0.39, 0.29) is 18.9 Å². The van der Waals surface area contributed by atoms with E-state index in [1.54, 1.807) is 0 Å². The molecule has 0 spiro atoms. The standard InChI is InChI=1S/C2H3N3O2.CH3NO/c6-2-1-5(7)4-3-2;2-1-3/h1H2,(H-,3,4,6,7);1H,(H2,2,3)/p+1. The number of nitrogens with one attached hydrogen (secondary N) is 2. The van der Waals surface area contributed by atoms with Crippen LogP contribution in [0, 0.1) is 4.91 Å². The van der Waals surface area contributed by atoms with E-state index >= 15 is 0 Å². The average Bonchev–Trinajstić information content (AvgIpc) is 2.17.